The molecule has 0 amide bonds. The number of hydrogen-bond donors (Lipinski definition) is 2. The van der Waals surface area contributed by atoms with Crippen LogP contribution in [0.3, 0.4) is 0 Å². The van der Waals surface area contributed by atoms with Gasteiger partial charge in [-0.2, -0.15) is 0 Å². The summed E-state index contributed by atoms with van der Waals surface area (Å²) >= 11 is 3.19. The zero-order valence-electron chi connectivity index (χ0n) is 5.99. The normalized spacial score (nSPS) is 10.1. The Hall–Kier alpha value is -0.770. The Morgan fingerprint density at radius 2 is 1.91 bits per heavy atom. The zero-order chi connectivity index (χ0) is 8.59. The fraction of sp³-hybridized carbons (Fsp3) is 0.143. The van der Waals surface area contributed by atoms with E-state index in [1.54, 1.807) is 6.92 Å². The topological polar surface area (TPSA) is 52.0 Å². The summed E-state index contributed by atoms with van der Waals surface area (Å²) in [5.74, 6) is -0.469. The molecule has 0 unspecified atom stereocenters. The predicted octanol–water partition coefficient (Wildman–Crippen LogP) is 2.06. The van der Waals surface area contributed by atoms with E-state index in [9.17, 15) is 4.39 Å². The van der Waals surface area contributed by atoms with Crippen LogP contribution in [-0.4, -0.2) is 0 Å². The van der Waals surface area contributed by atoms with Gasteiger partial charge >= 0.3 is 0 Å². The minimum absolute atomic E-state index is 0.00229. The molecule has 0 saturated heterocycles. The van der Waals surface area contributed by atoms with Gasteiger partial charge in [0.2, 0.25) is 0 Å². The summed E-state index contributed by atoms with van der Waals surface area (Å²) in [5.41, 5.74) is 11.8. The Kier molecular flexibility index (Phi) is 2.04. The Labute approximate surface area is 72.5 Å². The molecule has 1 aromatic rings. The molecule has 0 aliphatic rings. The van der Waals surface area contributed by atoms with Crippen molar-refractivity contribution >= 4 is 27.3 Å². The van der Waals surface area contributed by atoms with Crippen LogP contribution in [0.1, 0.15) is 5.56 Å². The second-order valence-corrected chi connectivity index (χ2v) is 3.11. The smallest absolute Gasteiger partial charge is 0.148 e. The van der Waals surface area contributed by atoms with Gasteiger partial charge in [0.05, 0.1) is 11.4 Å². The van der Waals surface area contributed by atoms with E-state index in [0.29, 0.717) is 4.47 Å². The van der Waals surface area contributed by atoms with Gasteiger partial charge in [-0.1, -0.05) is 0 Å². The number of nitrogen functional groups attached to an aromatic ring is 2. The molecular formula is C7H8BrFN2. The van der Waals surface area contributed by atoms with Crippen molar-refractivity contribution < 1.29 is 4.39 Å². The molecule has 0 heterocycles. The van der Waals surface area contributed by atoms with Gasteiger partial charge in [0.25, 0.3) is 0 Å². The first-order valence-corrected chi connectivity index (χ1v) is 3.83. The van der Waals surface area contributed by atoms with Crippen LogP contribution in [0.2, 0.25) is 0 Å². The maximum atomic E-state index is 12.8. The third-order valence-corrected chi connectivity index (χ3v) is 2.53. The molecule has 60 valence electrons. The van der Waals surface area contributed by atoms with Gasteiger partial charge in [-0.3, -0.25) is 0 Å². The molecule has 11 heavy (non-hydrogen) atoms. The lowest BCUT2D eigenvalue weighted by atomic mass is 10.2. The average Bonchev–Trinajstić information content (AvgIpc) is 1.97. The highest BCUT2D eigenvalue weighted by molar-refractivity contribution is 9.10. The van der Waals surface area contributed by atoms with Gasteiger partial charge in [-0.25, -0.2) is 4.39 Å². The van der Waals surface area contributed by atoms with Crippen LogP contribution in [-0.2, 0) is 0 Å². The maximum absolute atomic E-state index is 12.8. The van der Waals surface area contributed by atoms with Crippen LogP contribution in [0.4, 0.5) is 15.8 Å². The van der Waals surface area contributed by atoms with Crippen LogP contribution in [0, 0.1) is 12.7 Å². The first kappa shape index (κ1) is 8.33. The fourth-order valence-corrected chi connectivity index (χ4v) is 1.12. The number of aryl methyl sites for hydroxylation is 1. The molecule has 0 aliphatic heterocycles. The molecule has 0 fully saturated rings. The maximum Gasteiger partial charge on any atom is 0.148 e. The second-order valence-electron chi connectivity index (χ2n) is 2.32. The largest absolute Gasteiger partial charge is 0.396 e. The SMILES string of the molecule is Cc1cc(F)c(N)c(N)c1Br. The van der Waals surface area contributed by atoms with Crippen molar-refractivity contribution in [3.05, 3.63) is 21.9 Å². The van der Waals surface area contributed by atoms with Crippen LogP contribution in [0.5, 0.6) is 0 Å². The van der Waals surface area contributed by atoms with Crippen molar-refractivity contribution in [3.8, 4) is 0 Å². The summed E-state index contributed by atoms with van der Waals surface area (Å²) in [6, 6.07) is 1.34. The predicted molar refractivity (Wildman–Crippen MR) is 47.7 cm³/mol. The lowest BCUT2D eigenvalue weighted by molar-refractivity contribution is 0.631. The molecule has 1 aromatic carbocycles. The lowest BCUT2D eigenvalue weighted by Gasteiger charge is -2.06. The van der Waals surface area contributed by atoms with Crippen molar-refractivity contribution in [1.82, 2.24) is 0 Å². The molecule has 0 bridgehead atoms. The average molecular weight is 219 g/mol. The Morgan fingerprint density at radius 3 is 2.45 bits per heavy atom. The highest BCUT2D eigenvalue weighted by Crippen LogP contribution is 2.30. The fourth-order valence-electron chi connectivity index (χ4n) is 0.791. The zero-order valence-corrected chi connectivity index (χ0v) is 7.57. The molecule has 4 heteroatoms. The quantitative estimate of drug-likeness (QED) is 0.656. The highest BCUT2D eigenvalue weighted by Gasteiger charge is 2.08. The van der Waals surface area contributed by atoms with E-state index >= 15 is 0 Å². The van der Waals surface area contributed by atoms with E-state index in [1.165, 1.54) is 6.07 Å². The van der Waals surface area contributed by atoms with Crippen molar-refractivity contribution in [2.45, 2.75) is 6.92 Å². The monoisotopic (exact) mass is 218 g/mol. The number of nitrogens with two attached hydrogens (primary N) is 2. The summed E-state index contributed by atoms with van der Waals surface area (Å²) in [5, 5.41) is 0. The molecule has 2 nitrogen and oxygen atoms in total. The lowest BCUT2D eigenvalue weighted by Crippen LogP contribution is -2.00. The first-order valence-electron chi connectivity index (χ1n) is 3.03. The van der Waals surface area contributed by atoms with Crippen LogP contribution >= 0.6 is 15.9 Å². The van der Waals surface area contributed by atoms with Gasteiger partial charge in [-0.05, 0) is 34.5 Å². The number of rotatable bonds is 0. The van der Waals surface area contributed by atoms with Gasteiger partial charge in [0.1, 0.15) is 5.82 Å². The highest BCUT2D eigenvalue weighted by atomic mass is 79.9. The standard InChI is InChI=1S/C7H8BrFN2/c1-3-2-4(9)6(10)7(11)5(3)8/h2H,10-11H2,1H3. The summed E-state index contributed by atoms with van der Waals surface area (Å²) < 4.78 is 13.5. The Balaban J connectivity index is 3.46. The molecule has 0 aliphatic carbocycles. The minimum atomic E-state index is -0.469. The van der Waals surface area contributed by atoms with Crippen molar-refractivity contribution in [2.24, 2.45) is 0 Å². The number of hydrogen-bond acceptors (Lipinski definition) is 2. The van der Waals surface area contributed by atoms with Crippen LogP contribution in [0.15, 0.2) is 10.5 Å². The first-order chi connectivity index (χ1) is 5.04. The van der Waals surface area contributed by atoms with Crippen LogP contribution in [0.25, 0.3) is 0 Å². The van der Waals surface area contributed by atoms with E-state index in [0.717, 1.165) is 5.56 Å². The third kappa shape index (κ3) is 1.30. The van der Waals surface area contributed by atoms with Gasteiger partial charge < -0.3 is 11.5 Å². The van der Waals surface area contributed by atoms with Crippen molar-refractivity contribution in [1.29, 1.82) is 0 Å². The van der Waals surface area contributed by atoms with E-state index in [1.807, 2.05) is 0 Å². The van der Waals surface area contributed by atoms with E-state index < -0.39 is 5.82 Å². The number of halogens is 2. The van der Waals surface area contributed by atoms with E-state index in [-0.39, 0.29) is 11.4 Å². The molecule has 0 spiro atoms. The summed E-state index contributed by atoms with van der Waals surface area (Å²) in [6.07, 6.45) is 0. The van der Waals surface area contributed by atoms with E-state index in [4.69, 9.17) is 11.5 Å². The molecular weight excluding hydrogens is 211 g/mol. The third-order valence-electron chi connectivity index (χ3n) is 1.47. The van der Waals surface area contributed by atoms with Crippen molar-refractivity contribution in [2.75, 3.05) is 11.5 Å². The molecule has 4 N–H and O–H groups in total. The van der Waals surface area contributed by atoms with E-state index in [2.05, 4.69) is 15.9 Å². The van der Waals surface area contributed by atoms with Gasteiger partial charge in [0, 0.05) is 4.47 Å². The van der Waals surface area contributed by atoms with Crippen molar-refractivity contribution in [3.63, 3.8) is 0 Å². The second kappa shape index (κ2) is 2.70. The van der Waals surface area contributed by atoms with Gasteiger partial charge in [-0.15, -0.1) is 0 Å². The molecule has 0 radical (unpaired) electrons. The van der Waals surface area contributed by atoms with Crippen LogP contribution < -0.4 is 11.5 Å². The number of benzene rings is 1. The Morgan fingerprint density at radius 1 is 1.36 bits per heavy atom. The molecule has 1 rings (SSSR count). The summed E-state index contributed by atoms with van der Waals surface area (Å²) in [6.45, 7) is 1.75. The molecule has 0 atom stereocenters. The minimum Gasteiger partial charge on any atom is -0.396 e. The Bertz CT molecular complexity index is 273. The number of anilines is 2. The van der Waals surface area contributed by atoms with Gasteiger partial charge in [0.15, 0.2) is 0 Å². The summed E-state index contributed by atoms with van der Waals surface area (Å²) in [4.78, 5) is 0. The molecule has 0 saturated carbocycles. The summed E-state index contributed by atoms with van der Waals surface area (Å²) in [7, 11) is 0. The molecule has 0 aromatic heterocycles.